The quantitative estimate of drug-likeness (QED) is 0.673. The first-order valence-electron chi connectivity index (χ1n) is 5.87. The predicted octanol–water partition coefficient (Wildman–Crippen LogP) is 4.86. The fourth-order valence-corrected chi connectivity index (χ4v) is 3.62. The Labute approximate surface area is 106 Å². The van der Waals surface area contributed by atoms with E-state index < -0.39 is 0 Å². The second kappa shape index (κ2) is 4.42. The SMILES string of the molecule is C=CCC1c2ccccc2Sc2ccccc21. The molecule has 0 aliphatic carbocycles. The summed E-state index contributed by atoms with van der Waals surface area (Å²) in [4.78, 5) is 2.77. The van der Waals surface area contributed by atoms with Crippen molar-refractivity contribution < 1.29 is 0 Å². The first kappa shape index (κ1) is 10.7. The molecule has 84 valence electrons. The van der Waals surface area contributed by atoms with Gasteiger partial charge in [-0.3, -0.25) is 0 Å². The van der Waals surface area contributed by atoms with E-state index in [9.17, 15) is 0 Å². The summed E-state index contributed by atoms with van der Waals surface area (Å²) in [7, 11) is 0. The summed E-state index contributed by atoms with van der Waals surface area (Å²) in [5, 5.41) is 0. The third-order valence-electron chi connectivity index (χ3n) is 3.21. The van der Waals surface area contributed by atoms with Crippen LogP contribution in [0.4, 0.5) is 0 Å². The third kappa shape index (κ3) is 1.81. The zero-order valence-corrected chi connectivity index (χ0v) is 10.4. The lowest BCUT2D eigenvalue weighted by Gasteiger charge is -2.26. The average molecular weight is 238 g/mol. The molecule has 0 atom stereocenters. The molecular formula is C16H14S. The van der Waals surface area contributed by atoms with Gasteiger partial charge in [0, 0.05) is 15.7 Å². The summed E-state index contributed by atoms with van der Waals surface area (Å²) < 4.78 is 0. The number of rotatable bonds is 2. The van der Waals surface area contributed by atoms with Crippen LogP contribution in [-0.2, 0) is 0 Å². The third-order valence-corrected chi connectivity index (χ3v) is 4.39. The van der Waals surface area contributed by atoms with Gasteiger partial charge in [-0.1, -0.05) is 54.2 Å². The van der Waals surface area contributed by atoms with Gasteiger partial charge in [0.25, 0.3) is 0 Å². The molecule has 0 spiro atoms. The van der Waals surface area contributed by atoms with Gasteiger partial charge in [-0.05, 0) is 29.7 Å². The molecule has 0 nitrogen and oxygen atoms in total. The fourth-order valence-electron chi connectivity index (χ4n) is 2.43. The minimum Gasteiger partial charge on any atom is -0.103 e. The van der Waals surface area contributed by atoms with Gasteiger partial charge in [-0.25, -0.2) is 0 Å². The Hall–Kier alpha value is -1.47. The minimum atomic E-state index is 0.473. The van der Waals surface area contributed by atoms with E-state index in [4.69, 9.17) is 0 Å². The normalized spacial score (nSPS) is 13.9. The zero-order valence-electron chi connectivity index (χ0n) is 9.60. The summed E-state index contributed by atoms with van der Waals surface area (Å²) in [5.41, 5.74) is 2.88. The summed E-state index contributed by atoms with van der Waals surface area (Å²) in [6, 6.07) is 17.4. The van der Waals surface area contributed by atoms with Gasteiger partial charge in [-0.15, -0.1) is 6.58 Å². The Kier molecular flexibility index (Phi) is 2.77. The van der Waals surface area contributed by atoms with Crippen LogP contribution in [0.15, 0.2) is 71.0 Å². The van der Waals surface area contributed by atoms with E-state index in [2.05, 4.69) is 55.1 Å². The molecule has 0 aromatic heterocycles. The standard InChI is InChI=1S/C16H14S/c1-2-7-12-13-8-3-5-10-15(13)17-16-11-6-4-9-14(12)16/h2-6,8-12H,1,7H2. The van der Waals surface area contributed by atoms with Crippen LogP contribution in [-0.4, -0.2) is 0 Å². The van der Waals surface area contributed by atoms with Gasteiger partial charge in [0.05, 0.1) is 0 Å². The van der Waals surface area contributed by atoms with E-state index in [0.29, 0.717) is 5.92 Å². The van der Waals surface area contributed by atoms with Crippen LogP contribution in [0.1, 0.15) is 23.5 Å². The highest BCUT2D eigenvalue weighted by Crippen LogP contribution is 2.46. The smallest absolute Gasteiger partial charge is 0.0160 e. The van der Waals surface area contributed by atoms with Crippen LogP contribution in [0.25, 0.3) is 0 Å². The van der Waals surface area contributed by atoms with Crippen LogP contribution in [0.5, 0.6) is 0 Å². The number of allylic oxidation sites excluding steroid dienone is 1. The van der Waals surface area contributed by atoms with Crippen molar-refractivity contribution in [2.45, 2.75) is 22.1 Å². The maximum atomic E-state index is 3.89. The molecule has 0 radical (unpaired) electrons. The van der Waals surface area contributed by atoms with Crippen LogP contribution in [0, 0.1) is 0 Å². The number of fused-ring (bicyclic) bond motifs is 2. The molecular weight excluding hydrogens is 224 g/mol. The summed E-state index contributed by atoms with van der Waals surface area (Å²) in [6.07, 6.45) is 3.03. The fraction of sp³-hybridized carbons (Fsp3) is 0.125. The Bertz CT molecular complexity index is 511. The van der Waals surface area contributed by atoms with Crippen molar-refractivity contribution in [3.63, 3.8) is 0 Å². The van der Waals surface area contributed by atoms with Gasteiger partial charge >= 0.3 is 0 Å². The molecule has 0 fully saturated rings. The lowest BCUT2D eigenvalue weighted by atomic mass is 9.88. The van der Waals surface area contributed by atoms with Crippen molar-refractivity contribution >= 4 is 11.8 Å². The Balaban J connectivity index is 2.16. The molecule has 3 rings (SSSR count). The molecule has 1 heterocycles. The van der Waals surface area contributed by atoms with Gasteiger partial charge in [0.15, 0.2) is 0 Å². The van der Waals surface area contributed by atoms with Crippen molar-refractivity contribution in [3.8, 4) is 0 Å². The predicted molar refractivity (Wildman–Crippen MR) is 73.7 cm³/mol. The molecule has 0 unspecified atom stereocenters. The summed E-state index contributed by atoms with van der Waals surface area (Å²) in [6.45, 7) is 3.89. The lowest BCUT2D eigenvalue weighted by molar-refractivity contribution is 0.783. The van der Waals surface area contributed by atoms with Crippen molar-refractivity contribution in [1.29, 1.82) is 0 Å². The average Bonchev–Trinajstić information content (AvgIpc) is 2.39. The molecule has 0 bridgehead atoms. The van der Waals surface area contributed by atoms with Crippen LogP contribution in [0.3, 0.4) is 0 Å². The molecule has 2 aromatic carbocycles. The van der Waals surface area contributed by atoms with Crippen LogP contribution in [0.2, 0.25) is 0 Å². The van der Waals surface area contributed by atoms with E-state index in [1.165, 1.54) is 20.9 Å². The van der Waals surface area contributed by atoms with Crippen molar-refractivity contribution in [2.24, 2.45) is 0 Å². The van der Waals surface area contributed by atoms with Gasteiger partial charge in [0.2, 0.25) is 0 Å². The Morgan fingerprint density at radius 1 is 0.941 bits per heavy atom. The monoisotopic (exact) mass is 238 g/mol. The second-order valence-corrected chi connectivity index (χ2v) is 5.34. The minimum absolute atomic E-state index is 0.473. The highest BCUT2D eigenvalue weighted by molar-refractivity contribution is 7.99. The highest BCUT2D eigenvalue weighted by Gasteiger charge is 2.24. The van der Waals surface area contributed by atoms with E-state index in [1.54, 1.807) is 0 Å². The number of benzene rings is 2. The summed E-state index contributed by atoms with van der Waals surface area (Å²) in [5.74, 6) is 0.473. The molecule has 1 heteroatoms. The maximum Gasteiger partial charge on any atom is 0.0160 e. The van der Waals surface area contributed by atoms with E-state index in [0.717, 1.165) is 6.42 Å². The first-order chi connectivity index (χ1) is 8.40. The Morgan fingerprint density at radius 3 is 2.00 bits per heavy atom. The van der Waals surface area contributed by atoms with E-state index in [-0.39, 0.29) is 0 Å². The molecule has 1 aliphatic rings. The zero-order chi connectivity index (χ0) is 11.7. The van der Waals surface area contributed by atoms with Gasteiger partial charge < -0.3 is 0 Å². The van der Waals surface area contributed by atoms with Crippen molar-refractivity contribution in [2.75, 3.05) is 0 Å². The number of hydrogen-bond donors (Lipinski definition) is 0. The molecule has 0 saturated heterocycles. The largest absolute Gasteiger partial charge is 0.103 e. The van der Waals surface area contributed by atoms with Gasteiger partial charge in [-0.2, -0.15) is 0 Å². The molecule has 0 N–H and O–H groups in total. The molecule has 17 heavy (non-hydrogen) atoms. The number of hydrogen-bond acceptors (Lipinski definition) is 1. The van der Waals surface area contributed by atoms with Crippen LogP contribution >= 0.6 is 11.8 Å². The second-order valence-electron chi connectivity index (χ2n) is 4.25. The van der Waals surface area contributed by atoms with Gasteiger partial charge in [0.1, 0.15) is 0 Å². The van der Waals surface area contributed by atoms with Crippen molar-refractivity contribution in [3.05, 3.63) is 72.3 Å². The van der Waals surface area contributed by atoms with Crippen molar-refractivity contribution in [1.82, 2.24) is 0 Å². The molecule has 1 aliphatic heterocycles. The highest BCUT2D eigenvalue weighted by atomic mass is 32.2. The Morgan fingerprint density at radius 2 is 1.47 bits per heavy atom. The summed E-state index contributed by atoms with van der Waals surface area (Å²) >= 11 is 1.88. The van der Waals surface area contributed by atoms with Crippen LogP contribution < -0.4 is 0 Å². The van der Waals surface area contributed by atoms with E-state index in [1.807, 2.05) is 17.8 Å². The maximum absolute atomic E-state index is 3.89. The lowest BCUT2D eigenvalue weighted by Crippen LogP contribution is -2.07. The molecule has 2 aromatic rings. The topological polar surface area (TPSA) is 0 Å². The molecule has 0 amide bonds. The van der Waals surface area contributed by atoms with E-state index >= 15 is 0 Å². The first-order valence-corrected chi connectivity index (χ1v) is 6.68. The molecule has 0 saturated carbocycles.